The van der Waals surface area contributed by atoms with Crippen molar-refractivity contribution >= 4 is 5.78 Å². The zero-order chi connectivity index (χ0) is 19.8. The lowest BCUT2D eigenvalue weighted by molar-refractivity contribution is -0.120. The van der Waals surface area contributed by atoms with Crippen LogP contribution >= 0.6 is 0 Å². The Kier molecular flexibility index (Phi) is 4.23. The number of carbonyl (C=O) groups is 1. The van der Waals surface area contributed by atoms with Crippen LogP contribution in [0.1, 0.15) is 24.1 Å². The second-order valence-corrected chi connectivity index (χ2v) is 7.49. The summed E-state index contributed by atoms with van der Waals surface area (Å²) >= 11 is 0. The van der Waals surface area contributed by atoms with Gasteiger partial charge in [-0.05, 0) is 66.9 Å². The molecule has 0 radical (unpaired) electrons. The average molecular weight is 387 g/mol. The zero-order valence-corrected chi connectivity index (χ0v) is 16.2. The quantitative estimate of drug-likeness (QED) is 0.630. The topological polar surface area (TPSA) is 57.7 Å². The maximum absolute atomic E-state index is 13.2. The number of aromatic nitrogens is 1. The number of ether oxygens (including phenoxy) is 3. The van der Waals surface area contributed by atoms with Gasteiger partial charge in [0.05, 0.1) is 18.2 Å². The Bertz CT molecular complexity index is 1070. The predicted octanol–water partition coefficient (Wildman–Crippen LogP) is 4.33. The standard InChI is InChI=1S/C24H21NO4/c1-27-19-8-5-16(6-9-19)20-4-2-3-18(25-20)14-23(26)24(11-12-24)17-7-10-21-22(13-17)29-15-28-21/h2-10,13H,11-12,14-15H2,1H3. The normalized spacial score (nSPS) is 15.8. The van der Waals surface area contributed by atoms with Gasteiger partial charge in [0, 0.05) is 17.7 Å². The number of hydrogen-bond acceptors (Lipinski definition) is 5. The molecule has 146 valence electrons. The first-order chi connectivity index (χ1) is 14.2. The lowest BCUT2D eigenvalue weighted by atomic mass is 9.88. The molecule has 1 aliphatic carbocycles. The van der Waals surface area contributed by atoms with Crippen molar-refractivity contribution in [2.75, 3.05) is 13.9 Å². The number of hydrogen-bond donors (Lipinski definition) is 0. The van der Waals surface area contributed by atoms with Crippen molar-refractivity contribution in [2.45, 2.75) is 24.7 Å². The van der Waals surface area contributed by atoms with Crippen molar-refractivity contribution in [1.29, 1.82) is 0 Å². The summed E-state index contributed by atoms with van der Waals surface area (Å²) in [6.07, 6.45) is 2.05. The van der Waals surface area contributed by atoms with Crippen LogP contribution < -0.4 is 14.2 Å². The first kappa shape index (κ1) is 17.7. The van der Waals surface area contributed by atoms with Gasteiger partial charge < -0.3 is 14.2 Å². The van der Waals surface area contributed by atoms with Crippen molar-refractivity contribution in [3.63, 3.8) is 0 Å². The minimum Gasteiger partial charge on any atom is -0.497 e. The number of nitrogens with zero attached hydrogens (tertiary/aromatic N) is 1. The van der Waals surface area contributed by atoms with Crippen molar-refractivity contribution in [1.82, 2.24) is 4.98 Å². The van der Waals surface area contributed by atoms with Gasteiger partial charge in [-0.1, -0.05) is 12.1 Å². The largest absolute Gasteiger partial charge is 0.497 e. The highest BCUT2D eigenvalue weighted by Gasteiger charge is 2.50. The Morgan fingerprint density at radius 1 is 1.03 bits per heavy atom. The van der Waals surface area contributed by atoms with Gasteiger partial charge in [0.1, 0.15) is 11.5 Å². The molecule has 0 saturated heterocycles. The van der Waals surface area contributed by atoms with E-state index in [0.717, 1.165) is 52.6 Å². The number of Topliss-reactive ketones (excluding diaryl/α,β-unsaturated/α-hetero) is 1. The van der Waals surface area contributed by atoms with Crippen molar-refractivity contribution in [3.05, 3.63) is 71.9 Å². The van der Waals surface area contributed by atoms with E-state index in [1.54, 1.807) is 7.11 Å². The number of carbonyl (C=O) groups excluding carboxylic acids is 1. The fourth-order valence-corrected chi connectivity index (χ4v) is 3.88. The molecule has 3 aromatic rings. The Balaban J connectivity index is 1.37. The summed E-state index contributed by atoms with van der Waals surface area (Å²) in [6.45, 7) is 0.238. The molecule has 0 amide bonds. The molecule has 1 fully saturated rings. The first-order valence-electron chi connectivity index (χ1n) is 9.72. The van der Waals surface area contributed by atoms with E-state index in [-0.39, 0.29) is 12.6 Å². The average Bonchev–Trinajstić information content (AvgIpc) is 3.45. The van der Waals surface area contributed by atoms with Gasteiger partial charge in [0.15, 0.2) is 11.5 Å². The molecule has 5 heteroatoms. The highest BCUT2D eigenvalue weighted by atomic mass is 16.7. The van der Waals surface area contributed by atoms with E-state index in [1.165, 1.54) is 0 Å². The third-order valence-electron chi connectivity index (χ3n) is 5.74. The molecule has 5 nitrogen and oxygen atoms in total. The summed E-state index contributed by atoms with van der Waals surface area (Å²) in [5.74, 6) is 2.47. The predicted molar refractivity (Wildman–Crippen MR) is 108 cm³/mol. The SMILES string of the molecule is COc1ccc(-c2cccc(CC(=O)C3(c4ccc5c(c4)OCO5)CC3)n2)cc1. The number of methoxy groups -OCH3 is 1. The van der Waals surface area contributed by atoms with Crippen LogP contribution in [0.3, 0.4) is 0 Å². The Morgan fingerprint density at radius 3 is 2.59 bits per heavy atom. The van der Waals surface area contributed by atoms with Crippen LogP contribution in [-0.4, -0.2) is 24.7 Å². The van der Waals surface area contributed by atoms with Crippen molar-refractivity contribution in [2.24, 2.45) is 0 Å². The summed E-state index contributed by atoms with van der Waals surface area (Å²) in [5, 5.41) is 0. The molecule has 1 aromatic heterocycles. The number of ketones is 1. The second-order valence-electron chi connectivity index (χ2n) is 7.49. The number of pyridine rings is 1. The fourth-order valence-electron chi connectivity index (χ4n) is 3.88. The van der Waals surface area contributed by atoms with E-state index in [4.69, 9.17) is 19.2 Å². The molecule has 1 aliphatic heterocycles. The molecule has 1 saturated carbocycles. The van der Waals surface area contributed by atoms with Crippen LogP contribution in [0.4, 0.5) is 0 Å². The lowest BCUT2D eigenvalue weighted by Crippen LogP contribution is -2.23. The van der Waals surface area contributed by atoms with Gasteiger partial charge in [-0.25, -0.2) is 0 Å². The van der Waals surface area contributed by atoms with Crippen LogP contribution in [0.25, 0.3) is 11.3 Å². The molecular weight excluding hydrogens is 366 g/mol. The zero-order valence-electron chi connectivity index (χ0n) is 16.2. The first-order valence-corrected chi connectivity index (χ1v) is 9.72. The van der Waals surface area contributed by atoms with Crippen LogP contribution in [0.15, 0.2) is 60.7 Å². The van der Waals surface area contributed by atoms with E-state index in [1.807, 2.05) is 60.7 Å². The van der Waals surface area contributed by atoms with Gasteiger partial charge in [-0.3, -0.25) is 9.78 Å². The van der Waals surface area contributed by atoms with E-state index >= 15 is 0 Å². The summed E-state index contributed by atoms with van der Waals surface area (Å²) in [4.78, 5) is 17.9. The molecule has 2 aromatic carbocycles. The summed E-state index contributed by atoms with van der Waals surface area (Å²) in [6, 6.07) is 19.4. The number of rotatable bonds is 6. The molecular formula is C24H21NO4. The smallest absolute Gasteiger partial charge is 0.231 e. The third-order valence-corrected chi connectivity index (χ3v) is 5.74. The van der Waals surface area contributed by atoms with Gasteiger partial charge >= 0.3 is 0 Å². The summed E-state index contributed by atoms with van der Waals surface area (Å²) < 4.78 is 16.1. The van der Waals surface area contributed by atoms with Crippen LogP contribution in [0, 0.1) is 0 Å². The van der Waals surface area contributed by atoms with Gasteiger partial charge in [0.25, 0.3) is 0 Å². The number of fused-ring (bicyclic) bond motifs is 1. The molecule has 29 heavy (non-hydrogen) atoms. The lowest BCUT2D eigenvalue weighted by Gasteiger charge is -2.15. The number of benzene rings is 2. The van der Waals surface area contributed by atoms with Crippen LogP contribution in [0.2, 0.25) is 0 Å². The molecule has 0 unspecified atom stereocenters. The molecule has 0 N–H and O–H groups in total. The molecule has 0 spiro atoms. The summed E-state index contributed by atoms with van der Waals surface area (Å²) in [7, 11) is 1.65. The molecule has 5 rings (SSSR count). The maximum Gasteiger partial charge on any atom is 0.231 e. The van der Waals surface area contributed by atoms with E-state index in [2.05, 4.69) is 0 Å². The molecule has 0 atom stereocenters. The highest BCUT2D eigenvalue weighted by Crippen LogP contribution is 2.51. The van der Waals surface area contributed by atoms with Gasteiger partial charge in [-0.15, -0.1) is 0 Å². The van der Waals surface area contributed by atoms with E-state index in [9.17, 15) is 4.79 Å². The maximum atomic E-state index is 13.2. The van der Waals surface area contributed by atoms with Gasteiger partial charge in [-0.2, -0.15) is 0 Å². The Hall–Kier alpha value is -3.34. The minimum absolute atomic E-state index is 0.204. The van der Waals surface area contributed by atoms with Crippen LogP contribution in [-0.2, 0) is 16.6 Å². The monoisotopic (exact) mass is 387 g/mol. The van der Waals surface area contributed by atoms with Crippen molar-refractivity contribution in [3.8, 4) is 28.5 Å². The van der Waals surface area contributed by atoms with E-state index in [0.29, 0.717) is 6.42 Å². The summed E-state index contributed by atoms with van der Waals surface area (Å²) in [5.41, 5.74) is 3.23. The van der Waals surface area contributed by atoms with E-state index < -0.39 is 5.41 Å². The third kappa shape index (κ3) is 3.23. The Morgan fingerprint density at radius 2 is 1.83 bits per heavy atom. The van der Waals surface area contributed by atoms with Gasteiger partial charge in [0.2, 0.25) is 6.79 Å². The van der Waals surface area contributed by atoms with Crippen LogP contribution in [0.5, 0.6) is 17.2 Å². The Labute approximate surface area is 169 Å². The highest BCUT2D eigenvalue weighted by molar-refractivity contribution is 5.94. The molecule has 2 aliphatic rings. The second kappa shape index (κ2) is 6.92. The minimum atomic E-state index is -0.418. The molecule has 0 bridgehead atoms. The fraction of sp³-hybridized carbons (Fsp3) is 0.250. The van der Waals surface area contributed by atoms with Crippen molar-refractivity contribution < 1.29 is 19.0 Å². The molecule has 2 heterocycles.